The Bertz CT molecular complexity index is 245. The molecular formula is C16H30NO. The van der Waals surface area contributed by atoms with Crippen LogP contribution in [0.25, 0.3) is 0 Å². The highest BCUT2D eigenvalue weighted by atomic mass is 16.3. The molecule has 2 atom stereocenters. The van der Waals surface area contributed by atoms with Gasteiger partial charge < -0.3 is 5.11 Å². The lowest BCUT2D eigenvalue weighted by molar-refractivity contribution is 0.0772. The molecule has 2 fully saturated rings. The second kappa shape index (κ2) is 6.38. The maximum Gasteiger partial charge on any atom is 0.0460 e. The number of aliphatic hydroxyl groups is 1. The Balaban J connectivity index is 1.95. The Kier molecular flexibility index (Phi) is 5.08. The fraction of sp³-hybridized carbons (Fsp3) is 0.938. The topological polar surface area (TPSA) is 23.5 Å². The third-order valence-corrected chi connectivity index (χ3v) is 5.07. The van der Waals surface area contributed by atoms with Crippen molar-refractivity contribution in [1.82, 2.24) is 4.90 Å². The molecule has 0 bridgehead atoms. The van der Waals surface area contributed by atoms with Crippen LogP contribution in [0, 0.1) is 23.7 Å². The van der Waals surface area contributed by atoms with Crippen LogP contribution in [0.1, 0.15) is 52.9 Å². The van der Waals surface area contributed by atoms with E-state index in [2.05, 4.69) is 25.7 Å². The molecule has 0 amide bonds. The summed E-state index contributed by atoms with van der Waals surface area (Å²) in [6.45, 7) is 9.90. The third-order valence-electron chi connectivity index (χ3n) is 5.07. The van der Waals surface area contributed by atoms with Crippen molar-refractivity contribution in [3.63, 3.8) is 0 Å². The van der Waals surface area contributed by atoms with E-state index in [1.807, 2.05) is 0 Å². The van der Waals surface area contributed by atoms with Gasteiger partial charge in [-0.3, -0.25) is 4.90 Å². The van der Waals surface area contributed by atoms with Crippen molar-refractivity contribution >= 4 is 0 Å². The Labute approximate surface area is 113 Å². The summed E-state index contributed by atoms with van der Waals surface area (Å²) in [6.07, 6.45) is 6.46. The second-order valence-electron chi connectivity index (χ2n) is 6.79. The Morgan fingerprint density at radius 3 is 2.44 bits per heavy atom. The molecule has 1 saturated heterocycles. The van der Waals surface area contributed by atoms with Gasteiger partial charge in [0.25, 0.3) is 0 Å². The highest BCUT2D eigenvalue weighted by molar-refractivity contribution is 5.08. The number of aliphatic hydroxyl groups excluding tert-OH is 1. The summed E-state index contributed by atoms with van der Waals surface area (Å²) < 4.78 is 0. The van der Waals surface area contributed by atoms with E-state index in [0.717, 1.165) is 17.9 Å². The van der Waals surface area contributed by atoms with Crippen LogP contribution in [0.15, 0.2) is 0 Å². The monoisotopic (exact) mass is 252 g/mol. The number of piperidine rings is 1. The predicted octanol–water partition coefficient (Wildman–Crippen LogP) is 3.11. The van der Waals surface area contributed by atoms with E-state index in [9.17, 15) is 5.11 Å². The van der Waals surface area contributed by atoms with Crippen LogP contribution in [0.4, 0.5) is 0 Å². The first-order valence-corrected chi connectivity index (χ1v) is 7.82. The first-order valence-electron chi connectivity index (χ1n) is 7.82. The van der Waals surface area contributed by atoms with Crippen LogP contribution >= 0.6 is 0 Å². The summed E-state index contributed by atoms with van der Waals surface area (Å²) in [5, 5.41) is 9.25. The van der Waals surface area contributed by atoms with Gasteiger partial charge in [0.15, 0.2) is 0 Å². The number of likely N-dealkylation sites (tertiary alicyclic amines) is 1. The van der Waals surface area contributed by atoms with Crippen LogP contribution in [0.2, 0.25) is 0 Å². The van der Waals surface area contributed by atoms with Crippen molar-refractivity contribution in [3.05, 3.63) is 5.92 Å². The highest BCUT2D eigenvalue weighted by Crippen LogP contribution is 2.39. The van der Waals surface area contributed by atoms with Gasteiger partial charge in [-0.1, -0.05) is 27.2 Å². The molecule has 0 aromatic rings. The lowest BCUT2D eigenvalue weighted by Gasteiger charge is -2.46. The molecule has 1 radical (unpaired) electrons. The van der Waals surface area contributed by atoms with Crippen molar-refractivity contribution < 1.29 is 5.11 Å². The fourth-order valence-electron chi connectivity index (χ4n) is 3.73. The van der Waals surface area contributed by atoms with Crippen molar-refractivity contribution in [3.8, 4) is 0 Å². The molecule has 1 saturated carbocycles. The highest BCUT2D eigenvalue weighted by Gasteiger charge is 2.36. The quantitative estimate of drug-likeness (QED) is 0.834. The molecule has 18 heavy (non-hydrogen) atoms. The molecule has 2 heteroatoms. The smallest absolute Gasteiger partial charge is 0.0460 e. The molecule has 0 aromatic heterocycles. The molecule has 1 heterocycles. The van der Waals surface area contributed by atoms with E-state index in [1.54, 1.807) is 5.92 Å². The third kappa shape index (κ3) is 3.27. The van der Waals surface area contributed by atoms with Gasteiger partial charge in [-0.15, -0.1) is 0 Å². The predicted molar refractivity (Wildman–Crippen MR) is 76.3 cm³/mol. The molecule has 2 aliphatic rings. The van der Waals surface area contributed by atoms with Gasteiger partial charge >= 0.3 is 0 Å². The molecule has 1 aliphatic carbocycles. The van der Waals surface area contributed by atoms with Crippen LogP contribution in [-0.2, 0) is 0 Å². The van der Waals surface area contributed by atoms with Gasteiger partial charge in [-0.25, -0.2) is 0 Å². The first kappa shape index (κ1) is 14.3. The maximum atomic E-state index is 9.25. The van der Waals surface area contributed by atoms with E-state index in [-0.39, 0.29) is 0 Å². The van der Waals surface area contributed by atoms with Gasteiger partial charge in [-0.05, 0) is 62.4 Å². The average molecular weight is 252 g/mol. The zero-order valence-corrected chi connectivity index (χ0v) is 12.4. The van der Waals surface area contributed by atoms with Crippen molar-refractivity contribution in [2.75, 3.05) is 19.7 Å². The minimum atomic E-state index is 0.385. The van der Waals surface area contributed by atoms with Crippen LogP contribution in [-0.4, -0.2) is 35.7 Å². The second-order valence-corrected chi connectivity index (χ2v) is 6.79. The number of nitrogens with zero attached hydrogens (tertiary/aromatic N) is 1. The Morgan fingerprint density at radius 2 is 1.89 bits per heavy atom. The molecule has 105 valence electrons. The minimum Gasteiger partial charge on any atom is -0.396 e. The summed E-state index contributed by atoms with van der Waals surface area (Å²) >= 11 is 0. The SMILES string of the molecule is CC(C)[C]1CC[C@@H](C)C[C@H]1N1CCC(CO)CC1. The zero-order chi connectivity index (χ0) is 13.1. The average Bonchev–Trinajstić information content (AvgIpc) is 2.38. The molecule has 0 unspecified atom stereocenters. The summed E-state index contributed by atoms with van der Waals surface area (Å²) in [6, 6.07) is 0.730. The van der Waals surface area contributed by atoms with Gasteiger partial charge in [-0.2, -0.15) is 0 Å². The van der Waals surface area contributed by atoms with Gasteiger partial charge in [0, 0.05) is 12.6 Å². The Hall–Kier alpha value is -0.0800. The summed E-state index contributed by atoms with van der Waals surface area (Å²) in [5.74, 6) is 3.96. The lowest BCUT2D eigenvalue weighted by atomic mass is 9.73. The molecular weight excluding hydrogens is 222 g/mol. The number of hydrogen-bond acceptors (Lipinski definition) is 2. The van der Waals surface area contributed by atoms with E-state index in [4.69, 9.17) is 0 Å². The fourth-order valence-corrected chi connectivity index (χ4v) is 3.73. The number of hydrogen-bond donors (Lipinski definition) is 1. The normalized spacial score (nSPS) is 33.2. The van der Waals surface area contributed by atoms with Crippen molar-refractivity contribution in [2.45, 2.75) is 58.9 Å². The minimum absolute atomic E-state index is 0.385. The van der Waals surface area contributed by atoms with Crippen LogP contribution < -0.4 is 0 Å². The van der Waals surface area contributed by atoms with Crippen LogP contribution in [0.3, 0.4) is 0 Å². The summed E-state index contributed by atoms with van der Waals surface area (Å²) in [5.41, 5.74) is 0. The molecule has 1 N–H and O–H groups in total. The van der Waals surface area contributed by atoms with Gasteiger partial charge in [0.05, 0.1) is 0 Å². The molecule has 2 rings (SSSR count). The largest absolute Gasteiger partial charge is 0.396 e. The molecule has 1 aliphatic heterocycles. The molecule has 0 aromatic carbocycles. The van der Waals surface area contributed by atoms with Crippen LogP contribution in [0.5, 0.6) is 0 Å². The Morgan fingerprint density at radius 1 is 1.22 bits per heavy atom. The lowest BCUT2D eigenvalue weighted by Crippen LogP contribution is -2.48. The van der Waals surface area contributed by atoms with Crippen molar-refractivity contribution in [1.29, 1.82) is 0 Å². The van der Waals surface area contributed by atoms with E-state index in [1.165, 1.54) is 45.2 Å². The van der Waals surface area contributed by atoms with Gasteiger partial charge in [0.2, 0.25) is 0 Å². The van der Waals surface area contributed by atoms with E-state index < -0.39 is 0 Å². The number of rotatable bonds is 3. The maximum absolute atomic E-state index is 9.25. The first-order chi connectivity index (χ1) is 8.61. The standard InChI is InChI=1S/C16H30NO/c1-12(2)15-5-4-13(3)10-16(15)17-8-6-14(11-18)7-9-17/h12-14,16,18H,4-11H2,1-3H3/t13-,16-/m1/s1. The van der Waals surface area contributed by atoms with E-state index >= 15 is 0 Å². The van der Waals surface area contributed by atoms with E-state index in [0.29, 0.717) is 12.5 Å². The van der Waals surface area contributed by atoms with Crippen molar-refractivity contribution in [2.24, 2.45) is 17.8 Å². The van der Waals surface area contributed by atoms with Gasteiger partial charge in [0.1, 0.15) is 0 Å². The molecule has 0 spiro atoms. The zero-order valence-electron chi connectivity index (χ0n) is 12.4. The molecule has 2 nitrogen and oxygen atoms in total. The summed E-state index contributed by atoms with van der Waals surface area (Å²) in [4.78, 5) is 2.71. The summed E-state index contributed by atoms with van der Waals surface area (Å²) in [7, 11) is 0.